The first-order valence-corrected chi connectivity index (χ1v) is 8.17. The van der Waals surface area contributed by atoms with Crippen molar-refractivity contribution < 1.29 is 4.79 Å². The average Bonchev–Trinajstić information content (AvgIpc) is 2.35. The SMILES string of the molecule is CC(C)(CCN)CCC(=O)NCC1CCCCS1. The first-order chi connectivity index (χ1) is 8.53. The molecule has 1 fully saturated rings. The molecule has 1 rings (SSSR count). The van der Waals surface area contributed by atoms with E-state index in [1.807, 2.05) is 11.8 Å². The number of hydrogen-bond donors (Lipinski definition) is 2. The zero-order valence-corrected chi connectivity index (χ0v) is 12.7. The second kappa shape index (κ2) is 8.05. The quantitative estimate of drug-likeness (QED) is 0.749. The molecule has 0 aromatic rings. The maximum Gasteiger partial charge on any atom is 0.220 e. The highest BCUT2D eigenvalue weighted by atomic mass is 32.2. The van der Waals surface area contributed by atoms with E-state index in [0.29, 0.717) is 18.2 Å². The Morgan fingerprint density at radius 2 is 2.17 bits per heavy atom. The van der Waals surface area contributed by atoms with Gasteiger partial charge in [-0.1, -0.05) is 20.3 Å². The first-order valence-electron chi connectivity index (χ1n) is 7.12. The van der Waals surface area contributed by atoms with E-state index in [4.69, 9.17) is 5.73 Å². The number of thioether (sulfide) groups is 1. The van der Waals surface area contributed by atoms with Gasteiger partial charge in [-0.25, -0.2) is 0 Å². The zero-order valence-electron chi connectivity index (χ0n) is 11.8. The van der Waals surface area contributed by atoms with E-state index in [9.17, 15) is 4.79 Å². The van der Waals surface area contributed by atoms with Gasteiger partial charge in [0.1, 0.15) is 0 Å². The summed E-state index contributed by atoms with van der Waals surface area (Å²) in [4.78, 5) is 11.8. The molecule has 3 nitrogen and oxygen atoms in total. The van der Waals surface area contributed by atoms with E-state index in [0.717, 1.165) is 19.4 Å². The Morgan fingerprint density at radius 1 is 1.39 bits per heavy atom. The van der Waals surface area contributed by atoms with Gasteiger partial charge in [0.05, 0.1) is 0 Å². The molecule has 4 heteroatoms. The molecule has 1 atom stereocenters. The van der Waals surface area contributed by atoms with E-state index >= 15 is 0 Å². The van der Waals surface area contributed by atoms with Gasteiger partial charge >= 0.3 is 0 Å². The molecular formula is C14H28N2OS. The second-order valence-electron chi connectivity index (χ2n) is 6.00. The van der Waals surface area contributed by atoms with Crippen molar-refractivity contribution in [1.29, 1.82) is 0 Å². The van der Waals surface area contributed by atoms with Crippen molar-refractivity contribution in [1.82, 2.24) is 5.32 Å². The fraction of sp³-hybridized carbons (Fsp3) is 0.929. The predicted molar refractivity (Wildman–Crippen MR) is 79.8 cm³/mol. The molecule has 0 aromatic carbocycles. The summed E-state index contributed by atoms with van der Waals surface area (Å²) in [6.07, 6.45) is 6.44. The summed E-state index contributed by atoms with van der Waals surface area (Å²) in [5.74, 6) is 1.45. The van der Waals surface area contributed by atoms with Crippen LogP contribution in [0.3, 0.4) is 0 Å². The highest BCUT2D eigenvalue weighted by molar-refractivity contribution is 7.99. The lowest BCUT2D eigenvalue weighted by atomic mass is 9.84. The summed E-state index contributed by atoms with van der Waals surface area (Å²) in [5.41, 5.74) is 5.76. The average molecular weight is 272 g/mol. The fourth-order valence-electron chi connectivity index (χ4n) is 2.25. The van der Waals surface area contributed by atoms with Crippen LogP contribution < -0.4 is 11.1 Å². The van der Waals surface area contributed by atoms with Crippen molar-refractivity contribution in [3.05, 3.63) is 0 Å². The van der Waals surface area contributed by atoms with Crippen molar-refractivity contribution in [3.8, 4) is 0 Å². The van der Waals surface area contributed by atoms with Crippen molar-refractivity contribution in [2.24, 2.45) is 11.1 Å². The third kappa shape index (κ3) is 6.64. The molecule has 3 N–H and O–H groups in total. The van der Waals surface area contributed by atoms with Gasteiger partial charge in [0, 0.05) is 18.2 Å². The second-order valence-corrected chi connectivity index (χ2v) is 7.40. The van der Waals surface area contributed by atoms with Crippen LogP contribution in [-0.2, 0) is 4.79 Å². The maximum absolute atomic E-state index is 11.8. The Morgan fingerprint density at radius 3 is 2.78 bits per heavy atom. The molecule has 1 heterocycles. The molecule has 1 aliphatic rings. The minimum Gasteiger partial charge on any atom is -0.355 e. The first kappa shape index (κ1) is 15.8. The van der Waals surface area contributed by atoms with Crippen LogP contribution in [0.1, 0.15) is 52.4 Å². The number of nitrogens with two attached hydrogens (primary N) is 1. The summed E-state index contributed by atoms with van der Waals surface area (Å²) in [6, 6.07) is 0. The third-order valence-electron chi connectivity index (χ3n) is 3.65. The molecule has 18 heavy (non-hydrogen) atoms. The van der Waals surface area contributed by atoms with Gasteiger partial charge in [-0.05, 0) is 43.4 Å². The molecule has 0 aliphatic carbocycles. The van der Waals surface area contributed by atoms with Crippen molar-refractivity contribution in [2.75, 3.05) is 18.8 Å². The summed E-state index contributed by atoms with van der Waals surface area (Å²) in [6.45, 7) is 5.92. The summed E-state index contributed by atoms with van der Waals surface area (Å²) in [7, 11) is 0. The van der Waals surface area contributed by atoms with Crippen LogP contribution in [0.2, 0.25) is 0 Å². The maximum atomic E-state index is 11.8. The zero-order chi connectivity index (χ0) is 13.4. The number of rotatable bonds is 7. The summed E-state index contributed by atoms with van der Waals surface area (Å²) >= 11 is 2.01. The minimum atomic E-state index is 0.186. The topological polar surface area (TPSA) is 55.1 Å². The molecule has 0 bridgehead atoms. The molecule has 1 unspecified atom stereocenters. The van der Waals surface area contributed by atoms with Gasteiger partial charge in [0.25, 0.3) is 0 Å². The van der Waals surface area contributed by atoms with E-state index in [-0.39, 0.29) is 11.3 Å². The normalized spacial score (nSPS) is 20.7. The molecule has 106 valence electrons. The number of carbonyl (C=O) groups is 1. The minimum absolute atomic E-state index is 0.186. The van der Waals surface area contributed by atoms with E-state index in [1.54, 1.807) is 0 Å². The van der Waals surface area contributed by atoms with Gasteiger partial charge in [0.15, 0.2) is 0 Å². The van der Waals surface area contributed by atoms with Gasteiger partial charge in [0.2, 0.25) is 5.91 Å². The van der Waals surface area contributed by atoms with E-state index < -0.39 is 0 Å². The van der Waals surface area contributed by atoms with Crippen LogP contribution in [0.15, 0.2) is 0 Å². The van der Waals surface area contributed by atoms with Crippen molar-refractivity contribution in [2.45, 2.75) is 57.6 Å². The number of hydrogen-bond acceptors (Lipinski definition) is 3. The van der Waals surface area contributed by atoms with E-state index in [1.165, 1.54) is 25.0 Å². The predicted octanol–water partition coefficient (Wildman–Crippen LogP) is 2.54. The molecule has 0 aromatic heterocycles. The Balaban J connectivity index is 2.13. The molecular weight excluding hydrogens is 244 g/mol. The lowest BCUT2D eigenvalue weighted by Gasteiger charge is -2.24. The standard InChI is InChI=1S/C14H28N2OS/c1-14(2,8-9-15)7-6-13(17)16-11-12-5-3-4-10-18-12/h12H,3-11,15H2,1-2H3,(H,16,17). The number of carbonyl (C=O) groups excluding carboxylic acids is 1. The van der Waals surface area contributed by atoms with Gasteiger partial charge < -0.3 is 11.1 Å². The van der Waals surface area contributed by atoms with Crippen LogP contribution in [0.5, 0.6) is 0 Å². The number of nitrogens with one attached hydrogen (secondary N) is 1. The smallest absolute Gasteiger partial charge is 0.220 e. The Bertz CT molecular complexity index is 250. The largest absolute Gasteiger partial charge is 0.355 e. The highest BCUT2D eigenvalue weighted by Gasteiger charge is 2.19. The molecule has 0 radical (unpaired) electrons. The van der Waals surface area contributed by atoms with Crippen molar-refractivity contribution >= 4 is 17.7 Å². The van der Waals surface area contributed by atoms with E-state index in [2.05, 4.69) is 19.2 Å². The van der Waals surface area contributed by atoms with Crippen LogP contribution in [0.25, 0.3) is 0 Å². The lowest BCUT2D eigenvalue weighted by Crippen LogP contribution is -2.32. The summed E-state index contributed by atoms with van der Waals surface area (Å²) in [5, 5.41) is 3.71. The fourth-order valence-corrected chi connectivity index (χ4v) is 3.49. The molecule has 1 amide bonds. The van der Waals surface area contributed by atoms with Crippen LogP contribution in [0, 0.1) is 5.41 Å². The number of amides is 1. The summed E-state index contributed by atoms with van der Waals surface area (Å²) < 4.78 is 0. The van der Waals surface area contributed by atoms with Gasteiger partial charge in [-0.15, -0.1) is 0 Å². The van der Waals surface area contributed by atoms with Crippen LogP contribution in [-0.4, -0.2) is 30.0 Å². The third-order valence-corrected chi connectivity index (χ3v) is 5.05. The Kier molecular flexibility index (Phi) is 7.08. The van der Waals surface area contributed by atoms with Gasteiger partial charge in [-0.3, -0.25) is 4.79 Å². The molecule has 1 saturated heterocycles. The monoisotopic (exact) mass is 272 g/mol. The Labute approximate surface area is 116 Å². The Hall–Kier alpha value is -0.220. The molecule has 0 spiro atoms. The highest BCUT2D eigenvalue weighted by Crippen LogP contribution is 2.26. The van der Waals surface area contributed by atoms with Crippen LogP contribution in [0.4, 0.5) is 0 Å². The molecule has 1 aliphatic heterocycles. The van der Waals surface area contributed by atoms with Gasteiger partial charge in [-0.2, -0.15) is 11.8 Å². The van der Waals surface area contributed by atoms with Crippen LogP contribution >= 0.6 is 11.8 Å². The lowest BCUT2D eigenvalue weighted by molar-refractivity contribution is -0.121. The van der Waals surface area contributed by atoms with Crippen molar-refractivity contribution in [3.63, 3.8) is 0 Å². The molecule has 0 saturated carbocycles.